The number of nitrogens with two attached hydrogens (primary N) is 1. The van der Waals surface area contributed by atoms with Crippen LogP contribution in [0.3, 0.4) is 0 Å². The standard InChI is InChI=1S/C12H15ClN2O4S/c1-7-4-5-19-11(7)12(16)15-10-6-8(20(14,17)18)2-3-9(10)13/h2-3,6-7,11H,4-5H2,1H3,(H,15,16)(H2,14,17,18). The maximum atomic E-state index is 12.1. The van der Waals surface area contributed by atoms with Crippen molar-refractivity contribution >= 4 is 33.2 Å². The maximum absolute atomic E-state index is 12.1. The molecule has 2 atom stereocenters. The molecule has 1 aromatic carbocycles. The number of primary sulfonamides is 1. The number of nitrogens with one attached hydrogen (secondary N) is 1. The van der Waals surface area contributed by atoms with Gasteiger partial charge in [0.2, 0.25) is 10.0 Å². The summed E-state index contributed by atoms with van der Waals surface area (Å²) in [6.45, 7) is 2.45. The predicted molar refractivity (Wildman–Crippen MR) is 75.0 cm³/mol. The molecule has 1 heterocycles. The molecule has 1 aliphatic heterocycles. The van der Waals surface area contributed by atoms with Crippen molar-refractivity contribution in [3.05, 3.63) is 23.2 Å². The molecule has 2 unspecified atom stereocenters. The first-order valence-electron chi connectivity index (χ1n) is 6.04. The van der Waals surface area contributed by atoms with Crippen LogP contribution in [0.2, 0.25) is 5.02 Å². The Morgan fingerprint density at radius 3 is 2.75 bits per heavy atom. The van der Waals surface area contributed by atoms with Crippen molar-refractivity contribution in [3.8, 4) is 0 Å². The van der Waals surface area contributed by atoms with Crippen LogP contribution in [-0.4, -0.2) is 27.0 Å². The van der Waals surface area contributed by atoms with E-state index in [2.05, 4.69) is 5.32 Å². The van der Waals surface area contributed by atoms with E-state index in [1.807, 2.05) is 6.92 Å². The molecule has 1 fully saturated rings. The summed E-state index contributed by atoms with van der Waals surface area (Å²) in [7, 11) is -3.85. The van der Waals surface area contributed by atoms with Gasteiger partial charge in [-0.3, -0.25) is 4.79 Å². The molecule has 1 amide bonds. The van der Waals surface area contributed by atoms with Crippen LogP contribution >= 0.6 is 11.6 Å². The lowest BCUT2D eigenvalue weighted by molar-refractivity contribution is -0.126. The number of anilines is 1. The van der Waals surface area contributed by atoms with Gasteiger partial charge in [-0.05, 0) is 30.5 Å². The molecule has 8 heteroatoms. The largest absolute Gasteiger partial charge is 0.368 e. The van der Waals surface area contributed by atoms with E-state index < -0.39 is 16.1 Å². The number of hydrogen-bond donors (Lipinski definition) is 2. The number of amides is 1. The predicted octanol–water partition coefficient (Wildman–Crippen LogP) is 1.35. The molecular weight excluding hydrogens is 304 g/mol. The fourth-order valence-electron chi connectivity index (χ4n) is 2.01. The van der Waals surface area contributed by atoms with E-state index >= 15 is 0 Å². The van der Waals surface area contributed by atoms with Crippen LogP contribution in [0, 0.1) is 5.92 Å². The van der Waals surface area contributed by atoms with Crippen molar-refractivity contribution in [3.63, 3.8) is 0 Å². The normalized spacial score (nSPS) is 22.8. The number of sulfonamides is 1. The minimum Gasteiger partial charge on any atom is -0.368 e. The summed E-state index contributed by atoms with van der Waals surface area (Å²) in [5.41, 5.74) is 0.200. The highest BCUT2D eigenvalue weighted by molar-refractivity contribution is 7.89. The fourth-order valence-corrected chi connectivity index (χ4v) is 2.72. The summed E-state index contributed by atoms with van der Waals surface area (Å²) < 4.78 is 27.9. The lowest BCUT2D eigenvalue weighted by Gasteiger charge is -2.15. The summed E-state index contributed by atoms with van der Waals surface area (Å²) in [6, 6.07) is 3.88. The Morgan fingerprint density at radius 2 is 2.20 bits per heavy atom. The first-order chi connectivity index (χ1) is 9.29. The average molecular weight is 319 g/mol. The third-order valence-corrected chi connectivity index (χ3v) is 4.41. The smallest absolute Gasteiger partial charge is 0.253 e. The zero-order valence-corrected chi connectivity index (χ0v) is 12.4. The van der Waals surface area contributed by atoms with Crippen LogP contribution < -0.4 is 10.5 Å². The van der Waals surface area contributed by atoms with Crippen molar-refractivity contribution in [1.82, 2.24) is 0 Å². The van der Waals surface area contributed by atoms with E-state index in [9.17, 15) is 13.2 Å². The average Bonchev–Trinajstić information content (AvgIpc) is 2.77. The van der Waals surface area contributed by atoms with Gasteiger partial charge in [0, 0.05) is 6.61 Å². The van der Waals surface area contributed by atoms with E-state index in [4.69, 9.17) is 21.5 Å². The molecule has 2 rings (SSSR count). The van der Waals surface area contributed by atoms with E-state index in [-0.39, 0.29) is 27.4 Å². The molecular formula is C12H15ClN2O4S. The second kappa shape index (κ2) is 5.69. The molecule has 6 nitrogen and oxygen atoms in total. The second-order valence-corrected chi connectivity index (χ2v) is 6.70. The third kappa shape index (κ3) is 3.29. The van der Waals surface area contributed by atoms with Crippen LogP contribution in [0.5, 0.6) is 0 Å². The molecule has 0 aliphatic carbocycles. The summed E-state index contributed by atoms with van der Waals surface area (Å²) in [5.74, 6) is -0.237. The highest BCUT2D eigenvalue weighted by Gasteiger charge is 2.31. The lowest BCUT2D eigenvalue weighted by atomic mass is 10.0. The molecule has 0 saturated carbocycles. The number of ether oxygens (including phenoxy) is 1. The van der Waals surface area contributed by atoms with Crippen LogP contribution in [0.1, 0.15) is 13.3 Å². The van der Waals surface area contributed by atoms with Crippen LogP contribution in [-0.2, 0) is 19.6 Å². The van der Waals surface area contributed by atoms with Crippen LogP contribution in [0.15, 0.2) is 23.1 Å². The lowest BCUT2D eigenvalue weighted by Crippen LogP contribution is -2.31. The van der Waals surface area contributed by atoms with E-state index in [1.165, 1.54) is 18.2 Å². The van der Waals surface area contributed by atoms with Crippen molar-refractivity contribution in [2.24, 2.45) is 11.1 Å². The van der Waals surface area contributed by atoms with E-state index in [0.29, 0.717) is 6.61 Å². The number of carbonyl (C=O) groups is 1. The Bertz CT molecular complexity index is 632. The van der Waals surface area contributed by atoms with Crippen LogP contribution in [0.4, 0.5) is 5.69 Å². The number of benzene rings is 1. The van der Waals surface area contributed by atoms with Crippen molar-refractivity contribution in [2.75, 3.05) is 11.9 Å². The third-order valence-electron chi connectivity index (χ3n) is 3.17. The second-order valence-electron chi connectivity index (χ2n) is 4.73. The Kier molecular flexibility index (Phi) is 4.33. The molecule has 110 valence electrons. The fraction of sp³-hybridized carbons (Fsp3) is 0.417. The van der Waals surface area contributed by atoms with E-state index in [0.717, 1.165) is 6.42 Å². The Labute approximate surface area is 122 Å². The first kappa shape index (κ1) is 15.2. The molecule has 20 heavy (non-hydrogen) atoms. The van der Waals surface area contributed by atoms with Gasteiger partial charge in [0.05, 0.1) is 15.6 Å². The zero-order chi connectivity index (χ0) is 14.9. The number of rotatable bonds is 3. The summed E-state index contributed by atoms with van der Waals surface area (Å²) >= 11 is 5.94. The van der Waals surface area contributed by atoms with Gasteiger partial charge in [-0.25, -0.2) is 13.6 Å². The molecule has 1 aromatic rings. The summed E-state index contributed by atoms with van der Waals surface area (Å²) in [6.07, 6.45) is 0.257. The van der Waals surface area contributed by atoms with Gasteiger partial charge in [0.25, 0.3) is 5.91 Å². The molecule has 0 bridgehead atoms. The monoisotopic (exact) mass is 318 g/mol. The minimum absolute atomic E-state index is 0.107. The van der Waals surface area contributed by atoms with Gasteiger partial charge in [-0.15, -0.1) is 0 Å². The van der Waals surface area contributed by atoms with Crippen molar-refractivity contribution < 1.29 is 17.9 Å². The van der Waals surface area contributed by atoms with Gasteiger partial charge in [0.1, 0.15) is 6.10 Å². The minimum atomic E-state index is -3.85. The highest BCUT2D eigenvalue weighted by Crippen LogP contribution is 2.27. The first-order valence-corrected chi connectivity index (χ1v) is 7.96. The Balaban J connectivity index is 2.22. The molecule has 0 radical (unpaired) electrons. The number of halogens is 1. The highest BCUT2D eigenvalue weighted by atomic mass is 35.5. The Hall–Kier alpha value is -1.15. The maximum Gasteiger partial charge on any atom is 0.253 e. The number of hydrogen-bond acceptors (Lipinski definition) is 4. The molecule has 1 aliphatic rings. The molecule has 3 N–H and O–H groups in total. The summed E-state index contributed by atoms with van der Waals surface area (Å²) in [5, 5.41) is 7.85. The van der Waals surface area contributed by atoms with Crippen molar-refractivity contribution in [2.45, 2.75) is 24.3 Å². The van der Waals surface area contributed by atoms with Gasteiger partial charge in [-0.2, -0.15) is 0 Å². The van der Waals surface area contributed by atoms with E-state index in [1.54, 1.807) is 0 Å². The van der Waals surface area contributed by atoms with Gasteiger partial charge < -0.3 is 10.1 Å². The van der Waals surface area contributed by atoms with Crippen LogP contribution in [0.25, 0.3) is 0 Å². The molecule has 1 saturated heterocycles. The Morgan fingerprint density at radius 1 is 1.50 bits per heavy atom. The zero-order valence-electron chi connectivity index (χ0n) is 10.8. The molecule has 0 spiro atoms. The SMILES string of the molecule is CC1CCOC1C(=O)Nc1cc(S(N)(=O)=O)ccc1Cl. The van der Waals surface area contributed by atoms with Crippen molar-refractivity contribution in [1.29, 1.82) is 0 Å². The van der Waals surface area contributed by atoms with Gasteiger partial charge in [-0.1, -0.05) is 18.5 Å². The van der Waals surface area contributed by atoms with Gasteiger partial charge >= 0.3 is 0 Å². The quantitative estimate of drug-likeness (QED) is 0.878. The molecule has 0 aromatic heterocycles. The topological polar surface area (TPSA) is 98.5 Å². The number of carbonyl (C=O) groups excluding carboxylic acids is 1. The summed E-state index contributed by atoms with van der Waals surface area (Å²) in [4.78, 5) is 11.9. The van der Waals surface area contributed by atoms with Gasteiger partial charge in [0.15, 0.2) is 0 Å².